The van der Waals surface area contributed by atoms with Gasteiger partial charge in [-0.3, -0.25) is 9.78 Å². The molecule has 0 radical (unpaired) electrons. The number of rotatable bonds is 3. The topological polar surface area (TPSA) is 54.9 Å². The first-order chi connectivity index (χ1) is 7.75. The molecule has 2 aromatic rings. The Morgan fingerprint density at radius 2 is 2.19 bits per heavy atom. The molecule has 0 spiro atoms. The maximum absolute atomic E-state index is 11.7. The summed E-state index contributed by atoms with van der Waals surface area (Å²) in [6, 6.07) is 3.36. The van der Waals surface area contributed by atoms with Crippen molar-refractivity contribution >= 4 is 33.2 Å². The van der Waals surface area contributed by atoms with Gasteiger partial charge in [0.05, 0.1) is 6.54 Å². The number of amides is 1. The van der Waals surface area contributed by atoms with Crippen molar-refractivity contribution in [2.45, 2.75) is 6.54 Å². The molecule has 1 amide bonds. The standard InChI is InChI=1S/C10H8BrN3OS/c11-10-14-6-8(16-10)5-13-9(15)7-1-3-12-4-2-7/h1-4,6H,5H2,(H,13,15). The van der Waals surface area contributed by atoms with Gasteiger partial charge in [0, 0.05) is 29.0 Å². The summed E-state index contributed by atoms with van der Waals surface area (Å²) in [5.74, 6) is -0.105. The highest BCUT2D eigenvalue weighted by Gasteiger charge is 2.05. The zero-order valence-corrected chi connectivity index (χ0v) is 10.6. The minimum Gasteiger partial charge on any atom is -0.347 e. The Morgan fingerprint density at radius 3 is 2.81 bits per heavy atom. The minimum absolute atomic E-state index is 0.105. The third-order valence-corrected chi connectivity index (χ3v) is 3.37. The van der Waals surface area contributed by atoms with Crippen LogP contribution in [0.3, 0.4) is 0 Å². The van der Waals surface area contributed by atoms with E-state index < -0.39 is 0 Å². The van der Waals surface area contributed by atoms with Gasteiger partial charge in [-0.05, 0) is 28.1 Å². The molecule has 0 bridgehead atoms. The highest BCUT2D eigenvalue weighted by molar-refractivity contribution is 9.11. The predicted molar refractivity (Wildman–Crippen MR) is 65.2 cm³/mol. The van der Waals surface area contributed by atoms with Crippen molar-refractivity contribution in [3.63, 3.8) is 0 Å². The number of carbonyl (C=O) groups is 1. The normalized spacial score (nSPS) is 10.1. The van der Waals surface area contributed by atoms with Crippen LogP contribution in [0.1, 0.15) is 15.2 Å². The fourth-order valence-electron chi connectivity index (χ4n) is 1.14. The molecule has 0 aliphatic carbocycles. The van der Waals surface area contributed by atoms with Crippen LogP contribution in [0.2, 0.25) is 0 Å². The SMILES string of the molecule is O=C(NCc1cnc(Br)s1)c1ccncc1. The van der Waals surface area contributed by atoms with Crippen LogP contribution in [0.4, 0.5) is 0 Å². The Bertz CT molecular complexity index is 486. The van der Waals surface area contributed by atoms with Crippen LogP contribution in [0, 0.1) is 0 Å². The second-order valence-electron chi connectivity index (χ2n) is 3.00. The van der Waals surface area contributed by atoms with Gasteiger partial charge >= 0.3 is 0 Å². The summed E-state index contributed by atoms with van der Waals surface area (Å²) in [6.07, 6.45) is 4.93. The average Bonchev–Trinajstić information content (AvgIpc) is 2.73. The highest BCUT2D eigenvalue weighted by Crippen LogP contribution is 2.18. The van der Waals surface area contributed by atoms with E-state index in [1.165, 1.54) is 11.3 Å². The van der Waals surface area contributed by atoms with Gasteiger partial charge in [0.25, 0.3) is 5.91 Å². The van der Waals surface area contributed by atoms with Crippen molar-refractivity contribution < 1.29 is 4.79 Å². The van der Waals surface area contributed by atoms with Crippen LogP contribution < -0.4 is 5.32 Å². The molecule has 0 aliphatic heterocycles. The van der Waals surface area contributed by atoms with Gasteiger partial charge in [-0.2, -0.15) is 0 Å². The van der Waals surface area contributed by atoms with E-state index in [1.807, 2.05) is 0 Å². The number of nitrogens with one attached hydrogen (secondary N) is 1. The molecule has 0 unspecified atom stereocenters. The average molecular weight is 298 g/mol. The van der Waals surface area contributed by atoms with Gasteiger partial charge < -0.3 is 5.32 Å². The summed E-state index contributed by atoms with van der Waals surface area (Å²) in [5.41, 5.74) is 0.610. The second kappa shape index (κ2) is 5.18. The molecule has 0 saturated heterocycles. The van der Waals surface area contributed by atoms with E-state index in [-0.39, 0.29) is 5.91 Å². The summed E-state index contributed by atoms with van der Waals surface area (Å²) in [5, 5.41) is 2.81. The number of thiazole rings is 1. The molecule has 0 aliphatic rings. The molecule has 2 aromatic heterocycles. The molecular weight excluding hydrogens is 290 g/mol. The number of hydrogen-bond acceptors (Lipinski definition) is 4. The van der Waals surface area contributed by atoms with Crippen molar-refractivity contribution in [2.75, 3.05) is 0 Å². The predicted octanol–water partition coefficient (Wildman–Crippen LogP) is 2.23. The number of nitrogens with zero attached hydrogens (tertiary/aromatic N) is 2. The maximum atomic E-state index is 11.7. The van der Waals surface area contributed by atoms with E-state index >= 15 is 0 Å². The van der Waals surface area contributed by atoms with Crippen LogP contribution in [0.15, 0.2) is 34.6 Å². The lowest BCUT2D eigenvalue weighted by Crippen LogP contribution is -2.22. The van der Waals surface area contributed by atoms with Gasteiger partial charge in [-0.25, -0.2) is 4.98 Å². The fourth-order valence-corrected chi connectivity index (χ4v) is 2.44. The van der Waals surface area contributed by atoms with Crippen molar-refractivity contribution in [1.29, 1.82) is 0 Å². The molecule has 4 nitrogen and oxygen atoms in total. The van der Waals surface area contributed by atoms with Crippen molar-refractivity contribution in [3.8, 4) is 0 Å². The van der Waals surface area contributed by atoms with Crippen LogP contribution in [0.5, 0.6) is 0 Å². The van der Waals surface area contributed by atoms with E-state index in [1.54, 1.807) is 30.7 Å². The first-order valence-corrected chi connectivity index (χ1v) is 6.15. The molecule has 6 heteroatoms. The number of aromatic nitrogens is 2. The zero-order chi connectivity index (χ0) is 11.4. The molecule has 82 valence electrons. The van der Waals surface area contributed by atoms with E-state index in [2.05, 4.69) is 31.2 Å². The van der Waals surface area contributed by atoms with Gasteiger partial charge in [0.1, 0.15) is 0 Å². The molecule has 16 heavy (non-hydrogen) atoms. The van der Waals surface area contributed by atoms with Crippen LogP contribution in [-0.4, -0.2) is 15.9 Å². The Hall–Kier alpha value is -1.27. The number of pyridine rings is 1. The quantitative estimate of drug-likeness (QED) is 0.945. The van der Waals surface area contributed by atoms with E-state index in [0.29, 0.717) is 12.1 Å². The van der Waals surface area contributed by atoms with Crippen LogP contribution in [0.25, 0.3) is 0 Å². The third kappa shape index (κ3) is 2.86. The molecule has 0 atom stereocenters. The lowest BCUT2D eigenvalue weighted by Gasteiger charge is -2.02. The number of carbonyl (C=O) groups excluding carboxylic acids is 1. The van der Waals surface area contributed by atoms with Crippen molar-refractivity contribution in [2.24, 2.45) is 0 Å². The summed E-state index contributed by atoms with van der Waals surface area (Å²) in [7, 11) is 0. The number of hydrogen-bond donors (Lipinski definition) is 1. The second-order valence-corrected chi connectivity index (χ2v) is 5.39. The first kappa shape index (κ1) is 11.2. The zero-order valence-electron chi connectivity index (χ0n) is 8.18. The van der Waals surface area contributed by atoms with Gasteiger partial charge in [0.2, 0.25) is 0 Å². The minimum atomic E-state index is -0.105. The molecule has 0 aromatic carbocycles. The summed E-state index contributed by atoms with van der Waals surface area (Å²) in [4.78, 5) is 20.6. The maximum Gasteiger partial charge on any atom is 0.251 e. The van der Waals surface area contributed by atoms with Crippen molar-refractivity contribution in [3.05, 3.63) is 45.1 Å². The molecule has 2 rings (SSSR count). The lowest BCUT2D eigenvalue weighted by atomic mass is 10.2. The third-order valence-electron chi connectivity index (χ3n) is 1.89. The Balaban J connectivity index is 1.94. The fraction of sp³-hybridized carbons (Fsp3) is 0.100. The van der Waals surface area contributed by atoms with E-state index in [0.717, 1.165) is 8.79 Å². The summed E-state index contributed by atoms with van der Waals surface area (Å²) < 4.78 is 0.820. The molecular formula is C10H8BrN3OS. The summed E-state index contributed by atoms with van der Waals surface area (Å²) in [6.45, 7) is 0.490. The van der Waals surface area contributed by atoms with Crippen LogP contribution >= 0.6 is 27.3 Å². The first-order valence-electron chi connectivity index (χ1n) is 4.54. The Morgan fingerprint density at radius 1 is 1.44 bits per heavy atom. The molecule has 2 heterocycles. The van der Waals surface area contributed by atoms with Gasteiger partial charge in [-0.1, -0.05) is 0 Å². The van der Waals surface area contributed by atoms with E-state index in [4.69, 9.17) is 0 Å². The van der Waals surface area contributed by atoms with E-state index in [9.17, 15) is 4.79 Å². The molecule has 1 N–H and O–H groups in total. The lowest BCUT2D eigenvalue weighted by molar-refractivity contribution is 0.0951. The summed E-state index contributed by atoms with van der Waals surface area (Å²) >= 11 is 4.77. The Labute approximate surface area is 105 Å². The highest BCUT2D eigenvalue weighted by atomic mass is 79.9. The van der Waals surface area contributed by atoms with Gasteiger partial charge in [-0.15, -0.1) is 11.3 Å². The van der Waals surface area contributed by atoms with Crippen molar-refractivity contribution in [1.82, 2.24) is 15.3 Å². The smallest absolute Gasteiger partial charge is 0.251 e. The van der Waals surface area contributed by atoms with Crippen LogP contribution in [-0.2, 0) is 6.54 Å². The monoisotopic (exact) mass is 297 g/mol. The molecule has 0 saturated carbocycles. The largest absolute Gasteiger partial charge is 0.347 e. The number of halogens is 1. The Kier molecular flexibility index (Phi) is 3.63. The van der Waals surface area contributed by atoms with Gasteiger partial charge in [0.15, 0.2) is 3.92 Å². The molecule has 0 fully saturated rings.